The lowest BCUT2D eigenvalue weighted by atomic mass is 10.1. The average molecular weight is 376 g/mol. The molecule has 2 aromatic heterocycles. The van der Waals surface area contributed by atoms with Crippen LogP contribution in [0, 0.1) is 11.3 Å². The number of methoxy groups -OCH3 is 1. The number of nitriles is 1. The Morgan fingerprint density at radius 3 is 2.71 bits per heavy atom. The van der Waals surface area contributed by atoms with Crippen molar-refractivity contribution in [3.8, 4) is 17.4 Å². The topological polar surface area (TPSA) is 105 Å². The maximum absolute atomic E-state index is 12.2. The van der Waals surface area contributed by atoms with Gasteiger partial charge in [-0.3, -0.25) is 4.79 Å². The fourth-order valence-electron chi connectivity index (χ4n) is 2.53. The minimum Gasteiger partial charge on any atom is -0.467 e. The first-order valence-electron chi connectivity index (χ1n) is 8.32. The normalized spacial score (nSPS) is 10.9. The Balaban J connectivity index is 1.80. The van der Waals surface area contributed by atoms with Crippen molar-refractivity contribution in [3.05, 3.63) is 77.5 Å². The van der Waals surface area contributed by atoms with Crippen LogP contribution < -0.4 is 5.32 Å². The van der Waals surface area contributed by atoms with E-state index in [1.807, 2.05) is 6.07 Å². The summed E-state index contributed by atoms with van der Waals surface area (Å²) in [5.41, 5.74) is 0.787. The zero-order valence-corrected chi connectivity index (χ0v) is 15.0. The number of carbonyl (C=O) groups is 2. The zero-order chi connectivity index (χ0) is 19.9. The highest BCUT2D eigenvalue weighted by atomic mass is 16.5. The number of esters is 1. The SMILES string of the molecule is COC(=O)c1ccccc1-c1ccc(/C=C(\C#N)C(=O)NCc2ccco2)o1. The molecule has 2 heterocycles. The summed E-state index contributed by atoms with van der Waals surface area (Å²) in [5, 5.41) is 11.9. The van der Waals surface area contributed by atoms with E-state index in [0.717, 1.165) is 0 Å². The monoisotopic (exact) mass is 376 g/mol. The standard InChI is InChI=1S/C21H16N2O5/c1-26-21(25)18-7-3-2-6-17(18)19-9-8-15(28-19)11-14(12-22)20(24)23-13-16-5-4-10-27-16/h2-11H,13H2,1H3,(H,23,24)/b14-11+. The fourth-order valence-corrected chi connectivity index (χ4v) is 2.53. The molecule has 3 rings (SSSR count). The van der Waals surface area contributed by atoms with Crippen LogP contribution in [0.25, 0.3) is 17.4 Å². The van der Waals surface area contributed by atoms with Gasteiger partial charge in [0.2, 0.25) is 0 Å². The third-order valence-electron chi connectivity index (χ3n) is 3.88. The van der Waals surface area contributed by atoms with Crippen LogP contribution in [0.2, 0.25) is 0 Å². The summed E-state index contributed by atoms with van der Waals surface area (Å²) in [6, 6.07) is 15.4. The van der Waals surface area contributed by atoms with E-state index in [9.17, 15) is 14.9 Å². The third-order valence-corrected chi connectivity index (χ3v) is 3.88. The number of ether oxygens (including phenoxy) is 1. The summed E-state index contributed by atoms with van der Waals surface area (Å²) in [5.74, 6) is 0.260. The lowest BCUT2D eigenvalue weighted by molar-refractivity contribution is -0.117. The molecule has 3 aromatic rings. The Bertz CT molecular complexity index is 1050. The predicted molar refractivity (Wildman–Crippen MR) is 99.6 cm³/mol. The number of nitrogens with one attached hydrogen (secondary N) is 1. The lowest BCUT2D eigenvalue weighted by Gasteiger charge is -2.04. The molecule has 0 aliphatic rings. The minimum absolute atomic E-state index is 0.117. The van der Waals surface area contributed by atoms with E-state index in [1.165, 1.54) is 19.4 Å². The van der Waals surface area contributed by atoms with E-state index < -0.39 is 11.9 Å². The van der Waals surface area contributed by atoms with Crippen LogP contribution in [-0.2, 0) is 16.1 Å². The van der Waals surface area contributed by atoms with E-state index in [1.54, 1.807) is 48.5 Å². The maximum atomic E-state index is 12.2. The number of hydrogen-bond donors (Lipinski definition) is 1. The summed E-state index contributed by atoms with van der Waals surface area (Å²) < 4.78 is 15.6. The number of amides is 1. The molecule has 1 N–H and O–H groups in total. The summed E-state index contributed by atoms with van der Waals surface area (Å²) in [4.78, 5) is 24.1. The highest BCUT2D eigenvalue weighted by Gasteiger charge is 2.16. The highest BCUT2D eigenvalue weighted by Crippen LogP contribution is 2.27. The number of rotatable bonds is 6. The third kappa shape index (κ3) is 4.19. The fraction of sp³-hybridized carbons (Fsp3) is 0.0952. The molecule has 0 atom stereocenters. The van der Waals surface area contributed by atoms with Crippen molar-refractivity contribution in [1.29, 1.82) is 5.26 Å². The Morgan fingerprint density at radius 2 is 2.00 bits per heavy atom. The van der Waals surface area contributed by atoms with E-state index in [4.69, 9.17) is 13.6 Å². The van der Waals surface area contributed by atoms with Crippen LogP contribution in [0.5, 0.6) is 0 Å². The lowest BCUT2D eigenvalue weighted by Crippen LogP contribution is -2.23. The first kappa shape index (κ1) is 18.7. The molecule has 0 spiro atoms. The minimum atomic E-state index is -0.549. The second-order valence-corrected chi connectivity index (χ2v) is 5.67. The van der Waals surface area contributed by atoms with Gasteiger partial charge in [0, 0.05) is 11.6 Å². The van der Waals surface area contributed by atoms with Crippen LogP contribution in [0.4, 0.5) is 0 Å². The molecule has 0 aliphatic carbocycles. The molecule has 0 aliphatic heterocycles. The van der Waals surface area contributed by atoms with Gasteiger partial charge in [-0.15, -0.1) is 0 Å². The number of carbonyl (C=O) groups excluding carboxylic acids is 2. The van der Waals surface area contributed by atoms with E-state index in [-0.39, 0.29) is 12.1 Å². The van der Waals surface area contributed by atoms with Gasteiger partial charge >= 0.3 is 5.97 Å². The molecule has 0 bridgehead atoms. The van der Waals surface area contributed by atoms with Crippen molar-refractivity contribution >= 4 is 18.0 Å². The maximum Gasteiger partial charge on any atom is 0.338 e. The van der Waals surface area contributed by atoms with Crippen LogP contribution in [-0.4, -0.2) is 19.0 Å². The van der Waals surface area contributed by atoms with Gasteiger partial charge in [-0.1, -0.05) is 18.2 Å². The van der Waals surface area contributed by atoms with Crippen molar-refractivity contribution in [3.63, 3.8) is 0 Å². The molecular weight excluding hydrogens is 360 g/mol. The highest BCUT2D eigenvalue weighted by molar-refractivity contribution is 6.01. The van der Waals surface area contributed by atoms with Crippen molar-refractivity contribution in [1.82, 2.24) is 5.32 Å². The smallest absolute Gasteiger partial charge is 0.338 e. The van der Waals surface area contributed by atoms with Gasteiger partial charge in [-0.05, 0) is 30.3 Å². The van der Waals surface area contributed by atoms with Crippen molar-refractivity contribution in [2.45, 2.75) is 6.54 Å². The van der Waals surface area contributed by atoms with Gasteiger partial charge in [0.25, 0.3) is 5.91 Å². The average Bonchev–Trinajstić information content (AvgIpc) is 3.41. The number of nitrogens with zero attached hydrogens (tertiary/aromatic N) is 1. The van der Waals surface area contributed by atoms with Gasteiger partial charge in [0.15, 0.2) is 0 Å². The Morgan fingerprint density at radius 1 is 1.18 bits per heavy atom. The molecule has 140 valence electrons. The van der Waals surface area contributed by atoms with Gasteiger partial charge < -0.3 is 18.9 Å². The van der Waals surface area contributed by atoms with Crippen LogP contribution >= 0.6 is 0 Å². The Hall–Kier alpha value is -4.05. The molecule has 1 amide bonds. The van der Waals surface area contributed by atoms with E-state index in [0.29, 0.717) is 28.4 Å². The first-order valence-corrected chi connectivity index (χ1v) is 8.32. The second kappa shape index (κ2) is 8.56. The van der Waals surface area contributed by atoms with Crippen LogP contribution in [0.1, 0.15) is 21.9 Å². The molecule has 7 nitrogen and oxygen atoms in total. The summed E-state index contributed by atoms with van der Waals surface area (Å²) >= 11 is 0. The first-order chi connectivity index (χ1) is 13.6. The van der Waals surface area contributed by atoms with Gasteiger partial charge in [0.1, 0.15) is 28.9 Å². The van der Waals surface area contributed by atoms with Gasteiger partial charge in [0.05, 0.1) is 25.5 Å². The molecule has 0 fully saturated rings. The second-order valence-electron chi connectivity index (χ2n) is 5.67. The van der Waals surface area contributed by atoms with Crippen molar-refractivity contribution in [2.75, 3.05) is 7.11 Å². The predicted octanol–water partition coefficient (Wildman–Crippen LogP) is 3.55. The zero-order valence-electron chi connectivity index (χ0n) is 15.0. The molecule has 7 heteroatoms. The largest absolute Gasteiger partial charge is 0.467 e. The van der Waals surface area contributed by atoms with Crippen molar-refractivity contribution < 1.29 is 23.2 Å². The van der Waals surface area contributed by atoms with Crippen molar-refractivity contribution in [2.24, 2.45) is 0 Å². The van der Waals surface area contributed by atoms with E-state index >= 15 is 0 Å². The molecule has 1 aromatic carbocycles. The summed E-state index contributed by atoms with van der Waals surface area (Å²) in [7, 11) is 1.30. The molecule has 0 saturated heterocycles. The molecular formula is C21H16N2O5. The number of hydrogen-bond acceptors (Lipinski definition) is 6. The molecule has 28 heavy (non-hydrogen) atoms. The van der Waals surface area contributed by atoms with Gasteiger partial charge in [-0.2, -0.15) is 5.26 Å². The van der Waals surface area contributed by atoms with Crippen LogP contribution in [0.3, 0.4) is 0 Å². The van der Waals surface area contributed by atoms with Gasteiger partial charge in [-0.25, -0.2) is 4.79 Å². The number of benzene rings is 1. The van der Waals surface area contributed by atoms with E-state index in [2.05, 4.69) is 5.32 Å². The Kier molecular flexibility index (Phi) is 5.72. The summed E-state index contributed by atoms with van der Waals surface area (Å²) in [6.45, 7) is 0.167. The molecule has 0 radical (unpaired) electrons. The quantitative estimate of drug-likeness (QED) is 0.401. The Labute approximate surface area is 160 Å². The van der Waals surface area contributed by atoms with Crippen LogP contribution in [0.15, 0.2) is 69.2 Å². The molecule has 0 saturated carbocycles. The molecule has 0 unspecified atom stereocenters. The number of furan rings is 2. The summed E-state index contributed by atoms with van der Waals surface area (Å²) in [6.07, 6.45) is 2.83.